The SMILES string of the molecule is CCSc1n[nH]c(NC(=O)NC2CCCCC2)n1. The van der Waals surface area contributed by atoms with E-state index in [9.17, 15) is 4.79 Å². The number of thioether (sulfide) groups is 1. The number of aromatic amines is 1. The molecule has 0 saturated heterocycles. The minimum absolute atomic E-state index is 0.203. The third kappa shape index (κ3) is 3.90. The average Bonchev–Trinajstić information content (AvgIpc) is 2.78. The van der Waals surface area contributed by atoms with Gasteiger partial charge in [0.25, 0.3) is 0 Å². The Bertz CT molecular complexity index is 389. The second-order valence-corrected chi connectivity index (χ2v) is 5.56. The van der Waals surface area contributed by atoms with Crippen LogP contribution in [0.3, 0.4) is 0 Å². The Morgan fingerprint density at radius 3 is 2.94 bits per heavy atom. The van der Waals surface area contributed by atoms with Crippen molar-refractivity contribution in [2.75, 3.05) is 11.1 Å². The van der Waals surface area contributed by atoms with Crippen molar-refractivity contribution in [1.29, 1.82) is 0 Å². The molecule has 100 valence electrons. The zero-order chi connectivity index (χ0) is 12.8. The van der Waals surface area contributed by atoms with Crippen LogP contribution in [0, 0.1) is 0 Å². The zero-order valence-corrected chi connectivity index (χ0v) is 11.3. The molecule has 1 aromatic heterocycles. The second-order valence-electron chi connectivity index (χ2n) is 4.33. The van der Waals surface area contributed by atoms with E-state index >= 15 is 0 Å². The predicted molar refractivity (Wildman–Crippen MR) is 71.8 cm³/mol. The molecule has 18 heavy (non-hydrogen) atoms. The Balaban J connectivity index is 1.78. The molecule has 0 unspecified atom stereocenters. The summed E-state index contributed by atoms with van der Waals surface area (Å²) in [5, 5.41) is 13.0. The van der Waals surface area contributed by atoms with E-state index in [1.165, 1.54) is 31.0 Å². The Morgan fingerprint density at radius 1 is 1.44 bits per heavy atom. The Kier molecular flexibility index (Phi) is 4.86. The average molecular weight is 269 g/mol. The fourth-order valence-corrected chi connectivity index (χ4v) is 2.60. The van der Waals surface area contributed by atoms with Gasteiger partial charge in [0.15, 0.2) is 0 Å². The number of aromatic nitrogens is 3. The standard InChI is InChI=1S/C11H19N5OS/c1-2-18-11-14-9(15-16-11)13-10(17)12-8-6-4-3-5-7-8/h8H,2-7H2,1H3,(H3,12,13,14,15,16,17). The highest BCUT2D eigenvalue weighted by molar-refractivity contribution is 7.99. The van der Waals surface area contributed by atoms with Crippen molar-refractivity contribution >= 4 is 23.7 Å². The van der Waals surface area contributed by atoms with Crippen LogP contribution in [-0.2, 0) is 0 Å². The van der Waals surface area contributed by atoms with Gasteiger partial charge in [-0.3, -0.25) is 5.32 Å². The molecule has 1 aliphatic carbocycles. The first-order chi connectivity index (χ1) is 8.78. The fourth-order valence-electron chi connectivity index (χ4n) is 2.07. The molecule has 0 bridgehead atoms. The largest absolute Gasteiger partial charge is 0.335 e. The highest BCUT2D eigenvalue weighted by atomic mass is 32.2. The lowest BCUT2D eigenvalue weighted by molar-refractivity contribution is 0.244. The molecule has 2 amide bonds. The van der Waals surface area contributed by atoms with Crippen LogP contribution in [0.2, 0.25) is 0 Å². The number of carbonyl (C=O) groups is 1. The summed E-state index contributed by atoms with van der Waals surface area (Å²) >= 11 is 1.53. The first kappa shape index (κ1) is 13.2. The predicted octanol–water partition coefficient (Wildman–Crippen LogP) is 2.37. The molecule has 7 heteroatoms. The van der Waals surface area contributed by atoms with E-state index in [0.717, 1.165) is 18.6 Å². The molecule has 1 heterocycles. The molecule has 6 nitrogen and oxygen atoms in total. The molecular formula is C11H19N5OS. The van der Waals surface area contributed by atoms with Gasteiger partial charge >= 0.3 is 6.03 Å². The van der Waals surface area contributed by atoms with Crippen molar-refractivity contribution in [3.8, 4) is 0 Å². The minimum Gasteiger partial charge on any atom is -0.335 e. The molecule has 1 saturated carbocycles. The molecule has 1 aromatic rings. The normalized spacial score (nSPS) is 16.5. The number of hydrogen-bond acceptors (Lipinski definition) is 4. The summed E-state index contributed by atoms with van der Waals surface area (Å²) in [6.45, 7) is 2.03. The number of hydrogen-bond donors (Lipinski definition) is 3. The van der Waals surface area contributed by atoms with Crippen LogP contribution >= 0.6 is 11.8 Å². The third-order valence-corrected chi connectivity index (χ3v) is 3.64. The second kappa shape index (κ2) is 6.63. The molecule has 1 aliphatic rings. The Morgan fingerprint density at radius 2 is 2.22 bits per heavy atom. The summed E-state index contributed by atoms with van der Waals surface area (Å²) < 4.78 is 0. The summed E-state index contributed by atoms with van der Waals surface area (Å²) in [6, 6.07) is 0.0947. The number of anilines is 1. The molecule has 0 radical (unpaired) electrons. The number of rotatable bonds is 4. The number of nitrogens with one attached hydrogen (secondary N) is 3. The quantitative estimate of drug-likeness (QED) is 0.733. The monoisotopic (exact) mass is 269 g/mol. The van der Waals surface area contributed by atoms with Gasteiger partial charge in [0.2, 0.25) is 11.1 Å². The van der Waals surface area contributed by atoms with E-state index < -0.39 is 0 Å². The number of H-pyrrole nitrogens is 1. The van der Waals surface area contributed by atoms with Gasteiger partial charge < -0.3 is 5.32 Å². The van der Waals surface area contributed by atoms with Crippen LogP contribution < -0.4 is 10.6 Å². The highest BCUT2D eigenvalue weighted by Crippen LogP contribution is 2.17. The number of nitrogens with zero attached hydrogens (tertiary/aromatic N) is 2. The van der Waals surface area contributed by atoms with Crippen LogP contribution in [0.4, 0.5) is 10.7 Å². The number of amides is 2. The lowest BCUT2D eigenvalue weighted by Crippen LogP contribution is -2.39. The zero-order valence-electron chi connectivity index (χ0n) is 10.5. The van der Waals surface area contributed by atoms with Crippen molar-refractivity contribution in [3.63, 3.8) is 0 Å². The van der Waals surface area contributed by atoms with Gasteiger partial charge in [-0.25, -0.2) is 9.89 Å². The third-order valence-electron chi connectivity index (χ3n) is 2.91. The lowest BCUT2D eigenvalue weighted by atomic mass is 9.96. The van der Waals surface area contributed by atoms with Gasteiger partial charge in [0.05, 0.1) is 0 Å². The van der Waals surface area contributed by atoms with Gasteiger partial charge in [-0.05, 0) is 18.6 Å². The Hall–Kier alpha value is -1.24. The maximum absolute atomic E-state index is 11.7. The minimum atomic E-state index is -0.203. The van der Waals surface area contributed by atoms with Crippen LogP contribution in [0.15, 0.2) is 5.16 Å². The maximum Gasteiger partial charge on any atom is 0.321 e. The van der Waals surface area contributed by atoms with Crippen molar-refractivity contribution in [3.05, 3.63) is 0 Å². The van der Waals surface area contributed by atoms with Gasteiger partial charge in [-0.15, -0.1) is 5.10 Å². The van der Waals surface area contributed by atoms with Crippen LogP contribution in [0.1, 0.15) is 39.0 Å². The van der Waals surface area contributed by atoms with Crippen molar-refractivity contribution < 1.29 is 4.79 Å². The van der Waals surface area contributed by atoms with Crippen molar-refractivity contribution in [2.45, 2.75) is 50.2 Å². The Labute approximate surface area is 111 Å². The molecule has 3 N–H and O–H groups in total. The van der Waals surface area contributed by atoms with Crippen LogP contribution in [-0.4, -0.2) is 33.0 Å². The summed E-state index contributed by atoms with van der Waals surface area (Å²) in [4.78, 5) is 15.9. The van der Waals surface area contributed by atoms with Gasteiger partial charge in [0.1, 0.15) is 0 Å². The van der Waals surface area contributed by atoms with Gasteiger partial charge in [0, 0.05) is 6.04 Å². The van der Waals surface area contributed by atoms with E-state index in [4.69, 9.17) is 0 Å². The molecule has 0 aliphatic heterocycles. The molecule has 2 rings (SSSR count). The first-order valence-corrected chi connectivity index (χ1v) is 7.39. The smallest absolute Gasteiger partial charge is 0.321 e. The topological polar surface area (TPSA) is 82.7 Å². The number of urea groups is 1. The molecular weight excluding hydrogens is 250 g/mol. The summed E-state index contributed by atoms with van der Waals surface area (Å²) in [7, 11) is 0. The van der Waals surface area contributed by atoms with Crippen LogP contribution in [0.25, 0.3) is 0 Å². The van der Waals surface area contributed by atoms with Crippen molar-refractivity contribution in [1.82, 2.24) is 20.5 Å². The van der Waals surface area contributed by atoms with Gasteiger partial charge in [-0.1, -0.05) is 37.9 Å². The van der Waals surface area contributed by atoms with Crippen molar-refractivity contribution in [2.24, 2.45) is 0 Å². The maximum atomic E-state index is 11.7. The lowest BCUT2D eigenvalue weighted by Gasteiger charge is -2.22. The van der Waals surface area contributed by atoms with E-state index in [2.05, 4.69) is 25.8 Å². The molecule has 0 atom stereocenters. The van der Waals surface area contributed by atoms with Gasteiger partial charge in [-0.2, -0.15) is 4.98 Å². The highest BCUT2D eigenvalue weighted by Gasteiger charge is 2.16. The van der Waals surface area contributed by atoms with E-state index in [1.54, 1.807) is 0 Å². The molecule has 1 fully saturated rings. The number of carbonyl (C=O) groups excluding carboxylic acids is 1. The first-order valence-electron chi connectivity index (χ1n) is 6.40. The van der Waals surface area contributed by atoms with Crippen LogP contribution in [0.5, 0.6) is 0 Å². The molecule has 0 spiro atoms. The van der Waals surface area contributed by atoms with E-state index in [0.29, 0.717) is 17.1 Å². The summed E-state index contributed by atoms with van der Waals surface area (Å²) in [5.41, 5.74) is 0. The summed E-state index contributed by atoms with van der Waals surface area (Å²) in [6.07, 6.45) is 5.82. The molecule has 0 aromatic carbocycles. The van der Waals surface area contributed by atoms with E-state index in [1.807, 2.05) is 6.92 Å². The summed E-state index contributed by atoms with van der Waals surface area (Å²) in [5.74, 6) is 1.31. The fraction of sp³-hybridized carbons (Fsp3) is 0.727. The van der Waals surface area contributed by atoms with E-state index in [-0.39, 0.29) is 6.03 Å².